The molecule has 0 heterocycles. The first-order valence-corrected chi connectivity index (χ1v) is 12.2. The molecule has 7 heteroatoms. The molecule has 0 fully saturated rings. The Morgan fingerprint density at radius 1 is 1.00 bits per heavy atom. The normalized spacial score (nSPS) is 12.7. The highest BCUT2D eigenvalue weighted by molar-refractivity contribution is 5.92. The number of rotatable bonds is 9. The maximum atomic E-state index is 14.0. The van der Waals surface area contributed by atoms with Crippen LogP contribution in [0.5, 0.6) is 0 Å². The van der Waals surface area contributed by atoms with Crippen molar-refractivity contribution in [2.75, 3.05) is 6.54 Å². The summed E-state index contributed by atoms with van der Waals surface area (Å²) in [6, 6.07) is 14.3. The topological polar surface area (TPSA) is 87.7 Å². The van der Waals surface area contributed by atoms with Gasteiger partial charge >= 0.3 is 6.09 Å². The molecule has 2 aromatic rings. The lowest BCUT2D eigenvalue weighted by atomic mass is 9.96. The molecule has 2 unspecified atom stereocenters. The van der Waals surface area contributed by atoms with Crippen LogP contribution in [-0.2, 0) is 20.7 Å². The van der Waals surface area contributed by atoms with Crippen molar-refractivity contribution in [1.82, 2.24) is 15.5 Å². The first-order valence-electron chi connectivity index (χ1n) is 12.2. The average Bonchev–Trinajstić information content (AvgIpc) is 2.80. The van der Waals surface area contributed by atoms with Crippen LogP contribution < -0.4 is 10.6 Å². The predicted octanol–water partition coefficient (Wildman–Crippen LogP) is 4.22. The van der Waals surface area contributed by atoms with Crippen molar-refractivity contribution in [1.29, 1.82) is 0 Å². The van der Waals surface area contributed by atoms with Gasteiger partial charge in [-0.3, -0.25) is 9.59 Å². The largest absolute Gasteiger partial charge is 0.444 e. The van der Waals surface area contributed by atoms with Crippen molar-refractivity contribution in [3.05, 3.63) is 71.3 Å². The Kier molecular flexibility index (Phi) is 10.1. The molecule has 0 aliphatic carbocycles. The SMILES string of the molecule is C#Cc1ccccc1C(C(=O)NC(C)C)N(CC)C(=O)C(Cc1ccccc1)NC(=O)OC(C)(C)C. The summed E-state index contributed by atoms with van der Waals surface area (Å²) in [7, 11) is 0. The maximum absolute atomic E-state index is 14.0. The van der Waals surface area contributed by atoms with E-state index < -0.39 is 29.7 Å². The standard InChI is InChI=1S/C29H37N3O4/c1-8-22-17-13-14-18-23(22)25(26(33)30-20(3)4)32(9-2)27(34)24(19-21-15-11-10-12-16-21)31-28(35)36-29(5,6)7/h1,10-18,20,24-25H,9,19H2,2-7H3,(H,30,33)(H,31,35). The number of ether oxygens (including phenoxy) is 1. The average molecular weight is 492 g/mol. The number of nitrogens with zero attached hydrogens (tertiary/aromatic N) is 1. The molecule has 0 aliphatic heterocycles. The van der Waals surface area contributed by atoms with Gasteiger partial charge in [0.05, 0.1) is 0 Å². The quantitative estimate of drug-likeness (QED) is 0.514. The molecule has 0 radical (unpaired) electrons. The van der Waals surface area contributed by atoms with E-state index in [0.29, 0.717) is 11.1 Å². The summed E-state index contributed by atoms with van der Waals surface area (Å²) in [4.78, 5) is 41.6. The van der Waals surface area contributed by atoms with E-state index in [1.54, 1.807) is 52.0 Å². The second kappa shape index (κ2) is 12.8. The molecule has 0 bridgehead atoms. The van der Waals surface area contributed by atoms with Gasteiger partial charge in [0.15, 0.2) is 0 Å². The van der Waals surface area contributed by atoms with Crippen LogP contribution in [0.2, 0.25) is 0 Å². The Balaban J connectivity index is 2.51. The van der Waals surface area contributed by atoms with Crippen LogP contribution in [0, 0.1) is 12.3 Å². The molecule has 2 N–H and O–H groups in total. The molecular weight excluding hydrogens is 454 g/mol. The third-order valence-corrected chi connectivity index (χ3v) is 5.30. The zero-order chi connectivity index (χ0) is 26.9. The van der Waals surface area contributed by atoms with Gasteiger partial charge in [0.25, 0.3) is 0 Å². The monoisotopic (exact) mass is 491 g/mol. The van der Waals surface area contributed by atoms with Crippen LogP contribution in [0.1, 0.15) is 64.3 Å². The van der Waals surface area contributed by atoms with Gasteiger partial charge in [-0.05, 0) is 58.7 Å². The van der Waals surface area contributed by atoms with Crippen LogP contribution in [-0.4, -0.2) is 47.0 Å². The number of hydrogen-bond acceptors (Lipinski definition) is 4. The van der Waals surface area contributed by atoms with Gasteiger partial charge < -0.3 is 20.3 Å². The van der Waals surface area contributed by atoms with Crippen LogP contribution in [0.15, 0.2) is 54.6 Å². The van der Waals surface area contributed by atoms with Crippen LogP contribution >= 0.6 is 0 Å². The van der Waals surface area contributed by atoms with Gasteiger partial charge in [-0.1, -0.05) is 54.5 Å². The molecule has 36 heavy (non-hydrogen) atoms. The highest BCUT2D eigenvalue weighted by Gasteiger charge is 2.36. The Hall–Kier alpha value is -3.79. The van der Waals surface area contributed by atoms with Gasteiger partial charge in [0.1, 0.15) is 17.7 Å². The van der Waals surface area contributed by atoms with Crippen molar-refractivity contribution < 1.29 is 19.1 Å². The minimum atomic E-state index is -0.976. The number of hydrogen-bond donors (Lipinski definition) is 2. The Labute approximate surface area is 214 Å². The number of likely N-dealkylation sites (N-methyl/N-ethyl adjacent to an activating group) is 1. The third-order valence-electron chi connectivity index (χ3n) is 5.30. The fraction of sp³-hybridized carbons (Fsp3) is 0.414. The second-order valence-corrected chi connectivity index (χ2v) is 9.81. The lowest BCUT2D eigenvalue weighted by Crippen LogP contribution is -2.54. The van der Waals surface area contributed by atoms with E-state index in [1.165, 1.54) is 4.90 Å². The Morgan fingerprint density at radius 2 is 1.61 bits per heavy atom. The summed E-state index contributed by atoms with van der Waals surface area (Å²) in [6.07, 6.45) is 5.25. The number of alkyl carbamates (subject to hydrolysis) is 1. The number of benzene rings is 2. The van der Waals surface area contributed by atoms with Gasteiger partial charge in [0.2, 0.25) is 11.8 Å². The van der Waals surface area contributed by atoms with E-state index in [9.17, 15) is 14.4 Å². The molecule has 2 rings (SSSR count). The molecule has 2 atom stereocenters. The number of nitrogens with one attached hydrogen (secondary N) is 2. The van der Waals surface area contributed by atoms with E-state index in [0.717, 1.165) is 5.56 Å². The van der Waals surface area contributed by atoms with E-state index >= 15 is 0 Å². The van der Waals surface area contributed by atoms with E-state index in [1.807, 2.05) is 44.2 Å². The lowest BCUT2D eigenvalue weighted by Gasteiger charge is -2.34. The summed E-state index contributed by atoms with van der Waals surface area (Å²) in [6.45, 7) is 11.0. The Morgan fingerprint density at radius 3 is 2.17 bits per heavy atom. The summed E-state index contributed by atoms with van der Waals surface area (Å²) in [5, 5.41) is 5.64. The zero-order valence-electron chi connectivity index (χ0n) is 22.0. The maximum Gasteiger partial charge on any atom is 0.408 e. The first kappa shape index (κ1) is 28.4. The van der Waals surface area contributed by atoms with Crippen molar-refractivity contribution >= 4 is 17.9 Å². The molecule has 7 nitrogen and oxygen atoms in total. The molecule has 0 saturated heterocycles. The molecule has 0 spiro atoms. The Bertz CT molecular complexity index is 1080. The molecule has 3 amide bonds. The fourth-order valence-electron chi connectivity index (χ4n) is 3.85. The lowest BCUT2D eigenvalue weighted by molar-refractivity contribution is -0.142. The predicted molar refractivity (Wildman–Crippen MR) is 141 cm³/mol. The van der Waals surface area contributed by atoms with Crippen LogP contribution in [0.25, 0.3) is 0 Å². The number of carbonyl (C=O) groups is 3. The number of carbonyl (C=O) groups excluding carboxylic acids is 3. The molecule has 2 aromatic carbocycles. The minimum absolute atomic E-state index is 0.146. The molecular formula is C29H37N3O4. The highest BCUT2D eigenvalue weighted by Crippen LogP contribution is 2.26. The summed E-state index contributed by atoms with van der Waals surface area (Å²) in [5.74, 6) is 1.86. The van der Waals surface area contributed by atoms with Crippen molar-refractivity contribution in [3.8, 4) is 12.3 Å². The molecule has 192 valence electrons. The molecule has 0 aliphatic rings. The number of terminal acetylenes is 1. The first-order chi connectivity index (χ1) is 17.0. The van der Waals surface area contributed by atoms with Crippen molar-refractivity contribution in [2.45, 2.75) is 71.7 Å². The summed E-state index contributed by atoms with van der Waals surface area (Å²) >= 11 is 0. The zero-order valence-corrected chi connectivity index (χ0v) is 22.0. The van der Waals surface area contributed by atoms with Crippen LogP contribution in [0.4, 0.5) is 4.79 Å². The van der Waals surface area contributed by atoms with Crippen molar-refractivity contribution in [3.63, 3.8) is 0 Å². The smallest absolute Gasteiger partial charge is 0.408 e. The highest BCUT2D eigenvalue weighted by atomic mass is 16.6. The summed E-state index contributed by atoms with van der Waals surface area (Å²) < 4.78 is 5.42. The van der Waals surface area contributed by atoms with Gasteiger partial charge in [-0.2, -0.15) is 0 Å². The molecule has 0 aromatic heterocycles. The summed E-state index contributed by atoms with van der Waals surface area (Å²) in [5.41, 5.74) is 1.19. The van der Waals surface area contributed by atoms with E-state index in [2.05, 4.69) is 16.6 Å². The second-order valence-electron chi connectivity index (χ2n) is 9.81. The minimum Gasteiger partial charge on any atom is -0.444 e. The molecule has 0 saturated carbocycles. The van der Waals surface area contributed by atoms with E-state index in [-0.39, 0.29) is 24.9 Å². The van der Waals surface area contributed by atoms with E-state index in [4.69, 9.17) is 11.2 Å². The van der Waals surface area contributed by atoms with Crippen LogP contribution in [0.3, 0.4) is 0 Å². The van der Waals surface area contributed by atoms with Gasteiger partial charge in [0, 0.05) is 24.6 Å². The number of amides is 3. The fourth-order valence-corrected chi connectivity index (χ4v) is 3.85. The van der Waals surface area contributed by atoms with Gasteiger partial charge in [-0.15, -0.1) is 6.42 Å². The third kappa shape index (κ3) is 8.16. The van der Waals surface area contributed by atoms with Gasteiger partial charge in [-0.25, -0.2) is 4.79 Å². The van der Waals surface area contributed by atoms with Crippen molar-refractivity contribution in [2.24, 2.45) is 0 Å².